The van der Waals surface area contributed by atoms with Crippen molar-refractivity contribution in [3.05, 3.63) is 12.2 Å². The summed E-state index contributed by atoms with van der Waals surface area (Å²) in [5.74, 6) is 0.626. The van der Waals surface area contributed by atoms with Crippen LogP contribution in [0.2, 0.25) is 0 Å². The Bertz CT molecular complexity index is 159. The third-order valence-corrected chi connectivity index (χ3v) is 1.56. The maximum Gasteiger partial charge on any atom is 0.0483 e. The molecule has 1 heterocycles. The van der Waals surface area contributed by atoms with Crippen LogP contribution in [0.3, 0.4) is 0 Å². The zero-order valence-electron chi connectivity index (χ0n) is 6.59. The second kappa shape index (κ2) is 3.52. The SMILES string of the molecule is CNCC1=NCC(C)C=C1. The van der Waals surface area contributed by atoms with Crippen molar-refractivity contribution < 1.29 is 0 Å². The van der Waals surface area contributed by atoms with Gasteiger partial charge in [-0.15, -0.1) is 0 Å². The Balaban J connectivity index is 2.42. The van der Waals surface area contributed by atoms with Crippen LogP contribution in [0.4, 0.5) is 0 Å². The Labute approximate surface area is 62.0 Å². The molecule has 2 heteroatoms. The molecule has 0 spiro atoms. The zero-order chi connectivity index (χ0) is 7.40. The first-order valence-corrected chi connectivity index (χ1v) is 3.69. The van der Waals surface area contributed by atoms with E-state index in [0.29, 0.717) is 5.92 Å². The minimum absolute atomic E-state index is 0.626. The fourth-order valence-corrected chi connectivity index (χ4v) is 0.946. The van der Waals surface area contributed by atoms with Crippen LogP contribution >= 0.6 is 0 Å². The molecule has 1 atom stereocenters. The summed E-state index contributed by atoms with van der Waals surface area (Å²) in [6.45, 7) is 4.02. The van der Waals surface area contributed by atoms with E-state index in [1.807, 2.05) is 7.05 Å². The van der Waals surface area contributed by atoms with Gasteiger partial charge in [-0.2, -0.15) is 0 Å². The summed E-state index contributed by atoms with van der Waals surface area (Å²) in [5.41, 5.74) is 1.17. The maximum absolute atomic E-state index is 4.37. The van der Waals surface area contributed by atoms with Crippen molar-refractivity contribution in [1.82, 2.24) is 5.32 Å². The summed E-state index contributed by atoms with van der Waals surface area (Å²) in [7, 11) is 1.94. The average molecular weight is 138 g/mol. The van der Waals surface area contributed by atoms with Crippen LogP contribution in [0.5, 0.6) is 0 Å². The van der Waals surface area contributed by atoms with Crippen molar-refractivity contribution in [1.29, 1.82) is 0 Å². The Morgan fingerprint density at radius 1 is 1.80 bits per heavy atom. The minimum atomic E-state index is 0.626. The molecular weight excluding hydrogens is 124 g/mol. The monoisotopic (exact) mass is 138 g/mol. The van der Waals surface area contributed by atoms with Crippen molar-refractivity contribution >= 4 is 5.71 Å². The minimum Gasteiger partial charge on any atom is -0.314 e. The molecule has 0 amide bonds. The molecule has 0 aromatic rings. The standard InChI is InChI=1S/C8H14N2/c1-7-3-4-8(6-9-2)10-5-7/h3-4,7,9H,5-6H2,1-2H3. The third-order valence-electron chi connectivity index (χ3n) is 1.56. The van der Waals surface area contributed by atoms with Crippen molar-refractivity contribution in [3.8, 4) is 0 Å². The van der Waals surface area contributed by atoms with E-state index >= 15 is 0 Å². The molecule has 1 aliphatic heterocycles. The van der Waals surface area contributed by atoms with E-state index in [-0.39, 0.29) is 0 Å². The molecule has 0 bridgehead atoms. The first-order valence-electron chi connectivity index (χ1n) is 3.69. The first kappa shape index (κ1) is 7.48. The van der Waals surface area contributed by atoms with Crippen molar-refractivity contribution in [3.63, 3.8) is 0 Å². The highest BCUT2D eigenvalue weighted by Gasteiger charge is 2.02. The van der Waals surface area contributed by atoms with E-state index < -0.39 is 0 Å². The topological polar surface area (TPSA) is 24.4 Å². The summed E-state index contributed by atoms with van der Waals surface area (Å²) in [5, 5.41) is 3.07. The van der Waals surface area contributed by atoms with Crippen molar-refractivity contribution in [2.24, 2.45) is 10.9 Å². The highest BCUT2D eigenvalue weighted by Crippen LogP contribution is 2.03. The first-order chi connectivity index (χ1) is 4.83. The smallest absolute Gasteiger partial charge is 0.0483 e. The molecule has 0 aliphatic carbocycles. The van der Waals surface area contributed by atoms with Crippen molar-refractivity contribution in [2.45, 2.75) is 6.92 Å². The lowest BCUT2D eigenvalue weighted by Gasteiger charge is -2.09. The molecule has 10 heavy (non-hydrogen) atoms. The fourth-order valence-electron chi connectivity index (χ4n) is 0.946. The van der Waals surface area contributed by atoms with Gasteiger partial charge in [0.15, 0.2) is 0 Å². The molecule has 0 aromatic carbocycles. The number of rotatable bonds is 2. The summed E-state index contributed by atoms with van der Waals surface area (Å²) >= 11 is 0. The highest BCUT2D eigenvalue weighted by molar-refractivity contribution is 5.97. The molecule has 1 N–H and O–H groups in total. The maximum atomic E-state index is 4.37. The Morgan fingerprint density at radius 3 is 3.10 bits per heavy atom. The molecule has 0 saturated carbocycles. The molecule has 2 nitrogen and oxygen atoms in total. The van der Waals surface area contributed by atoms with E-state index in [1.165, 1.54) is 5.71 Å². The highest BCUT2D eigenvalue weighted by atomic mass is 14.9. The van der Waals surface area contributed by atoms with Gasteiger partial charge in [-0.3, -0.25) is 4.99 Å². The lowest BCUT2D eigenvalue weighted by Crippen LogP contribution is -2.20. The number of aliphatic imine (C=N–C) groups is 1. The van der Waals surface area contributed by atoms with Crippen molar-refractivity contribution in [2.75, 3.05) is 20.1 Å². The predicted molar refractivity (Wildman–Crippen MR) is 44.5 cm³/mol. The molecule has 0 fully saturated rings. The molecule has 0 radical (unpaired) electrons. The van der Waals surface area contributed by atoms with Gasteiger partial charge >= 0.3 is 0 Å². The number of nitrogens with zero attached hydrogens (tertiary/aromatic N) is 1. The van der Waals surface area contributed by atoms with Crippen LogP contribution in [0.25, 0.3) is 0 Å². The van der Waals surface area contributed by atoms with Crippen LogP contribution < -0.4 is 5.32 Å². The lowest BCUT2D eigenvalue weighted by atomic mass is 10.1. The third kappa shape index (κ3) is 1.95. The summed E-state index contributed by atoms with van der Waals surface area (Å²) in [6.07, 6.45) is 4.31. The van der Waals surface area contributed by atoms with Gasteiger partial charge in [0, 0.05) is 18.8 Å². The van der Waals surface area contributed by atoms with E-state index in [9.17, 15) is 0 Å². The Kier molecular flexibility index (Phi) is 2.63. The predicted octanol–water partition coefficient (Wildman–Crippen LogP) is 0.853. The molecule has 1 aliphatic rings. The van der Waals surface area contributed by atoms with Gasteiger partial charge in [0.05, 0.1) is 0 Å². The van der Waals surface area contributed by atoms with E-state index in [1.54, 1.807) is 0 Å². The number of nitrogens with one attached hydrogen (secondary N) is 1. The summed E-state index contributed by atoms with van der Waals surface area (Å²) in [4.78, 5) is 4.37. The second-order valence-electron chi connectivity index (χ2n) is 2.70. The molecular formula is C8H14N2. The Hall–Kier alpha value is -0.630. The normalized spacial score (nSPS) is 24.6. The van der Waals surface area contributed by atoms with Gasteiger partial charge in [0.1, 0.15) is 0 Å². The van der Waals surface area contributed by atoms with Crippen LogP contribution in [0.15, 0.2) is 17.1 Å². The van der Waals surface area contributed by atoms with Gasteiger partial charge in [-0.1, -0.05) is 13.0 Å². The zero-order valence-corrected chi connectivity index (χ0v) is 6.59. The molecule has 56 valence electrons. The van der Waals surface area contributed by atoms with Gasteiger partial charge < -0.3 is 5.32 Å². The van der Waals surface area contributed by atoms with E-state index in [0.717, 1.165) is 13.1 Å². The summed E-state index contributed by atoms with van der Waals surface area (Å²) in [6, 6.07) is 0. The quantitative estimate of drug-likeness (QED) is 0.601. The van der Waals surface area contributed by atoms with E-state index in [2.05, 4.69) is 29.4 Å². The van der Waals surface area contributed by atoms with Crippen LogP contribution in [-0.2, 0) is 0 Å². The van der Waals surface area contributed by atoms with Gasteiger partial charge in [0.2, 0.25) is 0 Å². The average Bonchev–Trinajstić information content (AvgIpc) is 1.95. The second-order valence-corrected chi connectivity index (χ2v) is 2.70. The van der Waals surface area contributed by atoms with Crippen LogP contribution in [0, 0.1) is 5.92 Å². The lowest BCUT2D eigenvalue weighted by molar-refractivity contribution is 0.729. The van der Waals surface area contributed by atoms with Gasteiger partial charge in [0.25, 0.3) is 0 Å². The number of hydrogen-bond donors (Lipinski definition) is 1. The molecule has 1 unspecified atom stereocenters. The molecule has 1 rings (SSSR count). The van der Waals surface area contributed by atoms with Crippen LogP contribution in [0.1, 0.15) is 6.92 Å². The van der Waals surface area contributed by atoms with Crippen LogP contribution in [-0.4, -0.2) is 25.8 Å². The van der Waals surface area contributed by atoms with Gasteiger partial charge in [-0.05, 0) is 19.0 Å². The van der Waals surface area contributed by atoms with Gasteiger partial charge in [-0.25, -0.2) is 0 Å². The summed E-state index contributed by atoms with van der Waals surface area (Å²) < 4.78 is 0. The molecule has 0 aromatic heterocycles. The Morgan fingerprint density at radius 2 is 2.60 bits per heavy atom. The largest absolute Gasteiger partial charge is 0.314 e. The molecule has 0 saturated heterocycles. The number of hydrogen-bond acceptors (Lipinski definition) is 2. The van der Waals surface area contributed by atoms with E-state index in [4.69, 9.17) is 0 Å². The fraction of sp³-hybridized carbons (Fsp3) is 0.625. The number of dihydropyridines is 1.